The number of rotatable bonds is 5. The van der Waals surface area contributed by atoms with E-state index in [9.17, 15) is 0 Å². The molecule has 0 radical (unpaired) electrons. The Morgan fingerprint density at radius 2 is 2.28 bits per heavy atom. The van der Waals surface area contributed by atoms with Gasteiger partial charge in [0.2, 0.25) is 0 Å². The molecule has 1 saturated carbocycles. The fourth-order valence-electron chi connectivity index (χ4n) is 2.05. The highest BCUT2D eigenvalue weighted by Gasteiger charge is 2.20. The van der Waals surface area contributed by atoms with E-state index in [1.54, 1.807) is 0 Å². The molecule has 0 amide bonds. The summed E-state index contributed by atoms with van der Waals surface area (Å²) >= 11 is 7.67. The average Bonchev–Trinajstić information content (AvgIpc) is 3.10. The van der Waals surface area contributed by atoms with E-state index < -0.39 is 0 Å². The molecule has 1 N–H and O–H groups in total. The normalized spacial score (nSPS) is 15.4. The van der Waals surface area contributed by atoms with Gasteiger partial charge >= 0.3 is 0 Å². The summed E-state index contributed by atoms with van der Waals surface area (Å²) in [5.41, 5.74) is 2.27. The van der Waals surface area contributed by atoms with Crippen molar-refractivity contribution in [1.29, 1.82) is 0 Å². The van der Waals surface area contributed by atoms with E-state index in [0.717, 1.165) is 41.5 Å². The van der Waals surface area contributed by atoms with Crippen molar-refractivity contribution in [2.24, 2.45) is 5.92 Å². The Morgan fingerprint density at radius 1 is 1.44 bits per heavy atom. The van der Waals surface area contributed by atoms with Crippen molar-refractivity contribution in [1.82, 2.24) is 9.55 Å². The van der Waals surface area contributed by atoms with Crippen LogP contribution in [0.1, 0.15) is 12.8 Å². The van der Waals surface area contributed by atoms with Gasteiger partial charge in [-0.3, -0.25) is 0 Å². The maximum Gasteiger partial charge on any atom is 0.178 e. The number of benzene rings is 1. The number of halogens is 1. The number of aromatic nitrogens is 2. The molecule has 3 nitrogen and oxygen atoms in total. The number of hydrogen-bond acceptors (Lipinski definition) is 2. The minimum absolute atomic E-state index is 0.740. The van der Waals surface area contributed by atoms with E-state index in [4.69, 9.17) is 17.0 Å². The quantitative estimate of drug-likeness (QED) is 0.491. The van der Waals surface area contributed by atoms with Gasteiger partial charge in [-0.2, -0.15) is 0 Å². The predicted molar refractivity (Wildman–Crippen MR) is 83.4 cm³/mol. The molecule has 1 aliphatic carbocycles. The molecule has 1 aliphatic rings. The molecule has 1 aromatic carbocycles. The van der Waals surface area contributed by atoms with Gasteiger partial charge in [0, 0.05) is 16.7 Å². The lowest BCUT2D eigenvalue weighted by Gasteiger charge is -2.05. The molecule has 0 unspecified atom stereocenters. The molecule has 0 aliphatic heterocycles. The highest BCUT2D eigenvalue weighted by Crippen LogP contribution is 2.28. The molecule has 3 rings (SSSR count). The minimum atomic E-state index is 0.740. The van der Waals surface area contributed by atoms with Gasteiger partial charge in [-0.05, 0) is 71.8 Å². The van der Waals surface area contributed by atoms with Crippen LogP contribution < -0.4 is 0 Å². The Balaban J connectivity index is 1.73. The van der Waals surface area contributed by atoms with Crippen molar-refractivity contribution < 1.29 is 4.74 Å². The fourth-order valence-corrected chi connectivity index (χ4v) is 2.84. The van der Waals surface area contributed by atoms with Crippen molar-refractivity contribution in [2.75, 3.05) is 13.2 Å². The van der Waals surface area contributed by atoms with Gasteiger partial charge in [-0.1, -0.05) is 0 Å². The third-order valence-electron chi connectivity index (χ3n) is 3.25. The summed E-state index contributed by atoms with van der Waals surface area (Å²) in [6, 6.07) is 6.34. The van der Waals surface area contributed by atoms with Gasteiger partial charge in [0.1, 0.15) is 0 Å². The molecule has 2 aromatic rings. The van der Waals surface area contributed by atoms with Gasteiger partial charge in [0.05, 0.1) is 17.6 Å². The van der Waals surface area contributed by atoms with E-state index in [-0.39, 0.29) is 0 Å². The number of imidazole rings is 1. The Bertz CT molecular complexity index is 615. The molecule has 1 heterocycles. The SMILES string of the molecule is S=c1[nH]c2cc(I)ccc2n1CCOCC1CC1. The predicted octanol–water partition coefficient (Wildman–Crippen LogP) is 3.73. The number of aromatic amines is 1. The molecule has 96 valence electrons. The zero-order valence-corrected chi connectivity index (χ0v) is 13.0. The largest absolute Gasteiger partial charge is 0.379 e. The third kappa shape index (κ3) is 2.78. The minimum Gasteiger partial charge on any atom is -0.379 e. The molecular weight excluding hydrogens is 359 g/mol. The number of hydrogen-bond donors (Lipinski definition) is 1. The second kappa shape index (κ2) is 5.30. The number of fused-ring (bicyclic) bond motifs is 1. The molecule has 0 saturated heterocycles. The second-order valence-electron chi connectivity index (χ2n) is 4.76. The summed E-state index contributed by atoms with van der Waals surface area (Å²) in [4.78, 5) is 3.25. The Labute approximate surface area is 125 Å². The molecule has 18 heavy (non-hydrogen) atoms. The molecule has 1 aromatic heterocycles. The molecule has 0 atom stereocenters. The Morgan fingerprint density at radius 3 is 3.06 bits per heavy atom. The Hall–Kier alpha value is -0.400. The summed E-state index contributed by atoms with van der Waals surface area (Å²) < 4.78 is 9.79. The van der Waals surface area contributed by atoms with Crippen LogP contribution in [0.4, 0.5) is 0 Å². The van der Waals surface area contributed by atoms with E-state index in [1.807, 2.05) is 0 Å². The lowest BCUT2D eigenvalue weighted by Crippen LogP contribution is -2.07. The topological polar surface area (TPSA) is 29.9 Å². The van der Waals surface area contributed by atoms with Crippen molar-refractivity contribution >= 4 is 45.8 Å². The second-order valence-corrected chi connectivity index (χ2v) is 6.39. The summed E-state index contributed by atoms with van der Waals surface area (Å²) in [5, 5.41) is 0. The van der Waals surface area contributed by atoms with Crippen LogP contribution in [-0.2, 0) is 11.3 Å². The maximum atomic E-state index is 5.68. The summed E-state index contributed by atoms with van der Waals surface area (Å²) in [6.07, 6.45) is 2.68. The van der Waals surface area contributed by atoms with Gasteiger partial charge in [-0.15, -0.1) is 0 Å². The molecule has 0 bridgehead atoms. The van der Waals surface area contributed by atoms with Gasteiger partial charge < -0.3 is 14.3 Å². The zero-order chi connectivity index (χ0) is 12.5. The molecule has 5 heteroatoms. The van der Waals surface area contributed by atoms with Crippen LogP contribution in [0.2, 0.25) is 0 Å². The van der Waals surface area contributed by atoms with Crippen LogP contribution in [-0.4, -0.2) is 22.8 Å². The van der Waals surface area contributed by atoms with Gasteiger partial charge in [-0.25, -0.2) is 0 Å². The third-order valence-corrected chi connectivity index (χ3v) is 4.24. The summed E-state index contributed by atoms with van der Waals surface area (Å²) in [5.74, 6) is 0.822. The number of H-pyrrole nitrogens is 1. The summed E-state index contributed by atoms with van der Waals surface area (Å²) in [6.45, 7) is 2.48. The van der Waals surface area contributed by atoms with Gasteiger partial charge in [0.25, 0.3) is 0 Å². The molecule has 0 spiro atoms. The fraction of sp³-hybridized carbons (Fsp3) is 0.462. The van der Waals surface area contributed by atoms with E-state index in [2.05, 4.69) is 50.3 Å². The van der Waals surface area contributed by atoms with E-state index in [1.165, 1.54) is 16.4 Å². The van der Waals surface area contributed by atoms with Crippen LogP contribution in [0.25, 0.3) is 11.0 Å². The van der Waals surface area contributed by atoms with E-state index in [0.29, 0.717) is 0 Å². The number of ether oxygens (including phenoxy) is 1. The van der Waals surface area contributed by atoms with Crippen LogP contribution >= 0.6 is 34.8 Å². The monoisotopic (exact) mass is 374 g/mol. The zero-order valence-electron chi connectivity index (χ0n) is 9.99. The van der Waals surface area contributed by atoms with Crippen LogP contribution in [0.3, 0.4) is 0 Å². The van der Waals surface area contributed by atoms with Crippen molar-refractivity contribution in [3.8, 4) is 0 Å². The standard InChI is InChI=1S/C13H15IN2OS/c14-10-3-4-12-11(7-10)15-13(18)16(12)5-6-17-8-9-1-2-9/h3-4,7,9H,1-2,5-6,8H2,(H,15,18). The Kier molecular flexibility index (Phi) is 3.72. The highest BCUT2D eigenvalue weighted by atomic mass is 127. The smallest absolute Gasteiger partial charge is 0.178 e. The van der Waals surface area contributed by atoms with Crippen molar-refractivity contribution in [3.05, 3.63) is 26.5 Å². The molecular formula is C13H15IN2OS. The van der Waals surface area contributed by atoms with Crippen LogP contribution in [0.15, 0.2) is 18.2 Å². The lowest BCUT2D eigenvalue weighted by atomic mass is 10.3. The molecule has 1 fully saturated rings. The van der Waals surface area contributed by atoms with Crippen molar-refractivity contribution in [3.63, 3.8) is 0 Å². The first-order chi connectivity index (χ1) is 8.74. The number of nitrogens with one attached hydrogen (secondary N) is 1. The van der Waals surface area contributed by atoms with Crippen molar-refractivity contribution in [2.45, 2.75) is 19.4 Å². The van der Waals surface area contributed by atoms with Crippen LogP contribution in [0.5, 0.6) is 0 Å². The first-order valence-electron chi connectivity index (χ1n) is 6.20. The summed E-state index contributed by atoms with van der Waals surface area (Å²) in [7, 11) is 0. The maximum absolute atomic E-state index is 5.68. The highest BCUT2D eigenvalue weighted by molar-refractivity contribution is 14.1. The first-order valence-corrected chi connectivity index (χ1v) is 7.68. The number of nitrogens with zero attached hydrogens (tertiary/aromatic N) is 1. The van der Waals surface area contributed by atoms with E-state index >= 15 is 0 Å². The average molecular weight is 374 g/mol. The van der Waals surface area contributed by atoms with Gasteiger partial charge in [0.15, 0.2) is 4.77 Å². The van der Waals surface area contributed by atoms with Crippen LogP contribution in [0, 0.1) is 14.3 Å². The lowest BCUT2D eigenvalue weighted by molar-refractivity contribution is 0.117. The first kappa shape index (κ1) is 12.6.